The highest BCUT2D eigenvalue weighted by Gasteiger charge is 2.37. The minimum Gasteiger partial charge on any atom is -0.377 e. The highest BCUT2D eigenvalue weighted by Crippen LogP contribution is 2.32. The lowest BCUT2D eigenvalue weighted by atomic mass is 10.1. The van der Waals surface area contributed by atoms with Crippen LogP contribution in [0, 0.1) is 0 Å². The fourth-order valence-corrected chi connectivity index (χ4v) is 3.34. The number of nitrogens with zero attached hydrogens (tertiary/aromatic N) is 1. The quantitative estimate of drug-likeness (QED) is 0.873. The van der Waals surface area contributed by atoms with Crippen LogP contribution in [0.3, 0.4) is 0 Å². The number of likely N-dealkylation sites (tertiary alicyclic amines) is 1. The van der Waals surface area contributed by atoms with Crippen molar-refractivity contribution in [1.82, 2.24) is 4.90 Å². The van der Waals surface area contributed by atoms with Gasteiger partial charge in [-0.05, 0) is 23.8 Å². The summed E-state index contributed by atoms with van der Waals surface area (Å²) in [4.78, 5) is 2.27. The molecule has 20 heavy (non-hydrogen) atoms. The molecule has 3 unspecified atom stereocenters. The molecule has 1 aromatic rings. The molecule has 0 aromatic heterocycles. The van der Waals surface area contributed by atoms with Crippen LogP contribution < -0.4 is 5.73 Å². The van der Waals surface area contributed by atoms with Crippen LogP contribution in [-0.4, -0.2) is 51.0 Å². The smallest absolute Gasteiger partial charge is 0.0972 e. The molecule has 2 N–H and O–H groups in total. The molecule has 0 radical (unpaired) electrons. The van der Waals surface area contributed by atoms with E-state index in [1.165, 1.54) is 0 Å². The average molecular weight is 364 g/mol. The van der Waals surface area contributed by atoms with Gasteiger partial charge in [0.2, 0.25) is 0 Å². The zero-order valence-corrected chi connectivity index (χ0v) is 14.0. The Hall–Kier alpha value is -0.170. The fourth-order valence-electron chi connectivity index (χ4n) is 2.72. The maximum atomic E-state index is 6.32. The molecule has 0 aliphatic carbocycles. The minimum atomic E-state index is 0.0674. The van der Waals surface area contributed by atoms with Gasteiger partial charge in [0.25, 0.3) is 0 Å². The van der Waals surface area contributed by atoms with Crippen LogP contribution in [0.25, 0.3) is 0 Å². The maximum Gasteiger partial charge on any atom is 0.0972 e. The summed E-state index contributed by atoms with van der Waals surface area (Å²) in [6.45, 7) is 2.09. The summed E-state index contributed by atoms with van der Waals surface area (Å²) in [7, 11) is 3.42. The molecule has 0 spiro atoms. The van der Waals surface area contributed by atoms with E-state index in [-0.39, 0.29) is 18.2 Å². The van der Waals surface area contributed by atoms with Crippen molar-refractivity contribution < 1.29 is 9.47 Å². The van der Waals surface area contributed by atoms with Gasteiger partial charge in [0.1, 0.15) is 0 Å². The highest BCUT2D eigenvalue weighted by molar-refractivity contribution is 9.10. The lowest BCUT2D eigenvalue weighted by molar-refractivity contribution is -0.00461. The molecule has 6 heteroatoms. The number of hydrogen-bond acceptors (Lipinski definition) is 4. The standard InChI is InChI=1S/C14H20BrClN2O2/c1-19-13-7-18(8-14(13)20-2)12(6-17)10-5-9(15)3-4-11(10)16/h3-5,12-14H,6-8,17H2,1-2H3. The largest absolute Gasteiger partial charge is 0.377 e. The number of nitrogens with two attached hydrogens (primary N) is 1. The van der Waals surface area contributed by atoms with Gasteiger partial charge < -0.3 is 15.2 Å². The molecule has 1 aliphatic heterocycles. The molecule has 1 fully saturated rings. The lowest BCUT2D eigenvalue weighted by Crippen LogP contribution is -2.33. The maximum absolute atomic E-state index is 6.32. The first-order valence-electron chi connectivity index (χ1n) is 6.55. The van der Waals surface area contributed by atoms with Crippen molar-refractivity contribution in [3.8, 4) is 0 Å². The number of hydrogen-bond donors (Lipinski definition) is 1. The average Bonchev–Trinajstić information content (AvgIpc) is 2.86. The van der Waals surface area contributed by atoms with Gasteiger partial charge in [0.05, 0.1) is 12.2 Å². The summed E-state index contributed by atoms with van der Waals surface area (Å²) >= 11 is 9.81. The Morgan fingerprint density at radius 1 is 1.35 bits per heavy atom. The number of rotatable bonds is 5. The van der Waals surface area contributed by atoms with Crippen LogP contribution in [-0.2, 0) is 9.47 Å². The van der Waals surface area contributed by atoms with Crippen LogP contribution in [0.5, 0.6) is 0 Å². The molecule has 1 aliphatic rings. The van der Waals surface area contributed by atoms with Gasteiger partial charge in [0.15, 0.2) is 0 Å². The molecule has 1 saturated heterocycles. The van der Waals surface area contributed by atoms with Crippen molar-refractivity contribution in [2.75, 3.05) is 33.9 Å². The molecule has 2 rings (SSSR count). The summed E-state index contributed by atoms with van der Waals surface area (Å²) in [5.41, 5.74) is 7.02. The van der Waals surface area contributed by atoms with Crippen LogP contribution >= 0.6 is 27.5 Å². The van der Waals surface area contributed by atoms with Crippen LogP contribution in [0.2, 0.25) is 5.02 Å². The van der Waals surface area contributed by atoms with Crippen molar-refractivity contribution in [1.29, 1.82) is 0 Å². The topological polar surface area (TPSA) is 47.7 Å². The van der Waals surface area contributed by atoms with E-state index in [2.05, 4.69) is 20.8 Å². The molecular weight excluding hydrogens is 344 g/mol. The van der Waals surface area contributed by atoms with E-state index in [9.17, 15) is 0 Å². The third kappa shape index (κ3) is 3.35. The zero-order valence-electron chi connectivity index (χ0n) is 11.7. The van der Waals surface area contributed by atoms with Gasteiger partial charge >= 0.3 is 0 Å². The Morgan fingerprint density at radius 3 is 2.45 bits per heavy atom. The van der Waals surface area contributed by atoms with Gasteiger partial charge in [-0.1, -0.05) is 27.5 Å². The molecule has 0 bridgehead atoms. The van der Waals surface area contributed by atoms with Crippen LogP contribution in [0.1, 0.15) is 11.6 Å². The van der Waals surface area contributed by atoms with E-state index < -0.39 is 0 Å². The predicted octanol–water partition coefficient (Wildman–Crippen LogP) is 2.45. The van der Waals surface area contributed by atoms with E-state index in [0.717, 1.165) is 28.1 Å². The Kier molecular flexibility index (Phi) is 5.84. The van der Waals surface area contributed by atoms with Crippen molar-refractivity contribution in [3.05, 3.63) is 33.3 Å². The minimum absolute atomic E-state index is 0.0674. The number of ether oxygens (including phenoxy) is 2. The fraction of sp³-hybridized carbons (Fsp3) is 0.571. The zero-order chi connectivity index (χ0) is 14.7. The molecule has 0 amide bonds. The molecular formula is C14H20BrClN2O2. The molecule has 3 atom stereocenters. The van der Waals surface area contributed by atoms with Crippen molar-refractivity contribution in [2.45, 2.75) is 18.2 Å². The summed E-state index contributed by atoms with van der Waals surface area (Å²) in [5.74, 6) is 0. The number of benzene rings is 1. The predicted molar refractivity (Wildman–Crippen MR) is 84.1 cm³/mol. The Morgan fingerprint density at radius 2 is 1.95 bits per heavy atom. The second-order valence-electron chi connectivity index (χ2n) is 4.92. The molecule has 4 nitrogen and oxygen atoms in total. The van der Waals surface area contributed by atoms with Gasteiger partial charge in [-0.25, -0.2) is 0 Å². The SMILES string of the molecule is COC1CN(C(CN)c2cc(Br)ccc2Cl)CC1OC. The van der Waals surface area contributed by atoms with Gasteiger partial charge in [-0.15, -0.1) is 0 Å². The van der Waals surface area contributed by atoms with Crippen LogP contribution in [0.15, 0.2) is 22.7 Å². The van der Waals surface area contributed by atoms with E-state index >= 15 is 0 Å². The van der Waals surface area contributed by atoms with Crippen molar-refractivity contribution in [3.63, 3.8) is 0 Å². The second-order valence-corrected chi connectivity index (χ2v) is 6.24. The van der Waals surface area contributed by atoms with Gasteiger partial charge in [-0.2, -0.15) is 0 Å². The first-order valence-corrected chi connectivity index (χ1v) is 7.72. The van der Waals surface area contributed by atoms with Crippen molar-refractivity contribution >= 4 is 27.5 Å². The van der Waals surface area contributed by atoms with E-state index in [1.807, 2.05) is 18.2 Å². The van der Waals surface area contributed by atoms with Gasteiger partial charge in [0, 0.05) is 49.4 Å². The third-order valence-corrected chi connectivity index (χ3v) is 4.67. The second kappa shape index (κ2) is 7.20. The van der Waals surface area contributed by atoms with E-state index in [4.69, 9.17) is 26.8 Å². The summed E-state index contributed by atoms with van der Waals surface area (Å²) in [5, 5.41) is 0.735. The normalized spacial score (nSPS) is 25.1. The van der Waals surface area contributed by atoms with Crippen molar-refractivity contribution in [2.24, 2.45) is 5.73 Å². The highest BCUT2D eigenvalue weighted by atomic mass is 79.9. The first kappa shape index (κ1) is 16.2. The van der Waals surface area contributed by atoms with Gasteiger partial charge in [-0.3, -0.25) is 4.90 Å². The first-order chi connectivity index (χ1) is 9.60. The Labute approximate surface area is 133 Å². The number of halogens is 2. The molecule has 1 aromatic carbocycles. The third-order valence-electron chi connectivity index (χ3n) is 3.83. The van der Waals surface area contributed by atoms with Crippen LogP contribution in [0.4, 0.5) is 0 Å². The Bertz CT molecular complexity index is 449. The lowest BCUT2D eigenvalue weighted by Gasteiger charge is -2.27. The van der Waals surface area contributed by atoms with E-state index in [0.29, 0.717) is 6.54 Å². The number of methoxy groups -OCH3 is 2. The monoisotopic (exact) mass is 362 g/mol. The molecule has 1 heterocycles. The molecule has 112 valence electrons. The summed E-state index contributed by atoms with van der Waals surface area (Å²) in [6.07, 6.45) is 0.139. The molecule has 0 saturated carbocycles. The Balaban J connectivity index is 2.23. The summed E-state index contributed by atoms with van der Waals surface area (Å²) in [6, 6.07) is 5.92. The summed E-state index contributed by atoms with van der Waals surface area (Å²) < 4.78 is 12.0. The van der Waals surface area contributed by atoms with E-state index in [1.54, 1.807) is 14.2 Å².